The lowest BCUT2D eigenvalue weighted by atomic mass is 10.2. The van der Waals surface area contributed by atoms with Crippen molar-refractivity contribution in [1.29, 1.82) is 0 Å². The highest BCUT2D eigenvalue weighted by molar-refractivity contribution is 6.03. The van der Waals surface area contributed by atoms with E-state index in [1.165, 1.54) is 0 Å². The number of aromatic nitrogens is 2. The van der Waals surface area contributed by atoms with E-state index in [1.54, 1.807) is 44.7 Å². The predicted molar refractivity (Wildman–Crippen MR) is 101 cm³/mol. The van der Waals surface area contributed by atoms with Gasteiger partial charge in [-0.05, 0) is 45.3 Å². The molecule has 0 aliphatic heterocycles. The van der Waals surface area contributed by atoms with Crippen LogP contribution in [0.3, 0.4) is 0 Å². The van der Waals surface area contributed by atoms with Gasteiger partial charge in [0, 0.05) is 24.5 Å². The van der Waals surface area contributed by atoms with Gasteiger partial charge in [0.25, 0.3) is 5.91 Å². The number of hydrogen-bond acceptors (Lipinski definition) is 7. The summed E-state index contributed by atoms with van der Waals surface area (Å²) in [6.07, 6.45) is 2.52. The molecule has 1 amide bonds. The number of benzene rings is 1. The lowest BCUT2D eigenvalue weighted by Gasteiger charge is -2.11. The number of amides is 1. The Labute approximate surface area is 153 Å². The summed E-state index contributed by atoms with van der Waals surface area (Å²) < 4.78 is 10.4. The Kier molecular flexibility index (Phi) is 7.16. The van der Waals surface area contributed by atoms with Gasteiger partial charge in [0.1, 0.15) is 5.69 Å². The standard InChI is InChI=1S/C18H25N5O3/c1-23(2)11-5-9-19-18-20-10-8-14(22-18)17(24)21-13-6-7-15(25-3)16(12-13)26-4/h6-8,10,12H,5,9,11H2,1-4H3,(H,21,24)(H,19,20,22). The maximum Gasteiger partial charge on any atom is 0.274 e. The highest BCUT2D eigenvalue weighted by Crippen LogP contribution is 2.29. The lowest BCUT2D eigenvalue weighted by molar-refractivity contribution is 0.102. The number of hydrogen-bond donors (Lipinski definition) is 2. The third-order valence-electron chi connectivity index (χ3n) is 3.59. The van der Waals surface area contributed by atoms with Crippen molar-refractivity contribution in [3.8, 4) is 11.5 Å². The van der Waals surface area contributed by atoms with E-state index in [0.29, 0.717) is 23.1 Å². The van der Waals surface area contributed by atoms with E-state index in [4.69, 9.17) is 9.47 Å². The Bertz CT molecular complexity index is 737. The molecule has 26 heavy (non-hydrogen) atoms. The van der Waals surface area contributed by atoms with Gasteiger partial charge >= 0.3 is 0 Å². The number of nitrogens with one attached hydrogen (secondary N) is 2. The van der Waals surface area contributed by atoms with Crippen LogP contribution in [0.25, 0.3) is 0 Å². The zero-order chi connectivity index (χ0) is 18.9. The first kappa shape index (κ1) is 19.5. The molecule has 0 bridgehead atoms. The SMILES string of the molecule is COc1ccc(NC(=O)c2ccnc(NCCCN(C)C)n2)cc1OC. The van der Waals surface area contributed by atoms with E-state index in [-0.39, 0.29) is 11.6 Å². The van der Waals surface area contributed by atoms with E-state index >= 15 is 0 Å². The Morgan fingerprint density at radius 1 is 1.15 bits per heavy atom. The van der Waals surface area contributed by atoms with Crippen LogP contribution in [0, 0.1) is 0 Å². The summed E-state index contributed by atoms with van der Waals surface area (Å²) in [7, 11) is 7.15. The van der Waals surface area contributed by atoms with Gasteiger partial charge < -0.3 is 25.0 Å². The van der Waals surface area contributed by atoms with E-state index in [1.807, 2.05) is 14.1 Å². The average molecular weight is 359 g/mol. The molecule has 2 aromatic rings. The molecule has 0 saturated carbocycles. The molecule has 1 aromatic heterocycles. The zero-order valence-electron chi connectivity index (χ0n) is 15.6. The van der Waals surface area contributed by atoms with E-state index in [2.05, 4.69) is 25.5 Å². The second-order valence-corrected chi connectivity index (χ2v) is 5.87. The Hall–Kier alpha value is -2.87. The van der Waals surface area contributed by atoms with Gasteiger partial charge in [-0.25, -0.2) is 9.97 Å². The van der Waals surface area contributed by atoms with Crippen molar-refractivity contribution in [3.05, 3.63) is 36.2 Å². The van der Waals surface area contributed by atoms with Crippen molar-refractivity contribution >= 4 is 17.5 Å². The van der Waals surface area contributed by atoms with Gasteiger partial charge in [-0.1, -0.05) is 0 Å². The maximum absolute atomic E-state index is 12.4. The van der Waals surface area contributed by atoms with Crippen LogP contribution in [0.4, 0.5) is 11.6 Å². The molecule has 0 aliphatic carbocycles. The molecule has 1 heterocycles. The number of carbonyl (C=O) groups is 1. The number of ether oxygens (including phenoxy) is 2. The molecule has 0 fully saturated rings. The Balaban J connectivity index is 2.00. The van der Waals surface area contributed by atoms with Crippen molar-refractivity contribution < 1.29 is 14.3 Å². The summed E-state index contributed by atoms with van der Waals surface area (Å²) in [6.45, 7) is 1.70. The average Bonchev–Trinajstić information content (AvgIpc) is 2.65. The molecular weight excluding hydrogens is 334 g/mol. The number of rotatable bonds is 9. The summed E-state index contributed by atoms with van der Waals surface area (Å²) in [5.41, 5.74) is 0.872. The quantitative estimate of drug-likeness (QED) is 0.663. The zero-order valence-corrected chi connectivity index (χ0v) is 15.6. The number of methoxy groups -OCH3 is 2. The molecule has 0 radical (unpaired) electrons. The van der Waals surface area contributed by atoms with Gasteiger partial charge in [-0.3, -0.25) is 4.79 Å². The van der Waals surface area contributed by atoms with Crippen LogP contribution >= 0.6 is 0 Å². The van der Waals surface area contributed by atoms with Gasteiger partial charge in [-0.15, -0.1) is 0 Å². The first-order valence-electron chi connectivity index (χ1n) is 8.28. The lowest BCUT2D eigenvalue weighted by Crippen LogP contribution is -2.18. The normalized spacial score (nSPS) is 10.5. The smallest absolute Gasteiger partial charge is 0.274 e. The van der Waals surface area contributed by atoms with Crippen LogP contribution in [0.15, 0.2) is 30.5 Å². The summed E-state index contributed by atoms with van der Waals surface area (Å²) in [5, 5.41) is 5.92. The topological polar surface area (TPSA) is 88.6 Å². The van der Waals surface area contributed by atoms with Crippen molar-refractivity contribution in [3.63, 3.8) is 0 Å². The molecule has 8 heteroatoms. The molecule has 8 nitrogen and oxygen atoms in total. The maximum atomic E-state index is 12.4. The van der Waals surface area contributed by atoms with E-state index in [9.17, 15) is 4.79 Å². The first-order valence-corrected chi connectivity index (χ1v) is 8.28. The van der Waals surface area contributed by atoms with Crippen LogP contribution in [0.1, 0.15) is 16.9 Å². The van der Waals surface area contributed by atoms with Gasteiger partial charge in [0.05, 0.1) is 14.2 Å². The first-order chi connectivity index (χ1) is 12.5. The summed E-state index contributed by atoms with van der Waals surface area (Å²) >= 11 is 0. The van der Waals surface area contributed by atoms with E-state index < -0.39 is 0 Å². The van der Waals surface area contributed by atoms with Crippen LogP contribution in [0.2, 0.25) is 0 Å². The highest BCUT2D eigenvalue weighted by Gasteiger charge is 2.11. The van der Waals surface area contributed by atoms with Crippen LogP contribution in [-0.4, -0.2) is 62.2 Å². The third kappa shape index (κ3) is 5.59. The second kappa shape index (κ2) is 9.57. The minimum absolute atomic E-state index is 0.282. The molecule has 0 spiro atoms. The summed E-state index contributed by atoms with van der Waals surface area (Å²) in [4.78, 5) is 22.9. The van der Waals surface area contributed by atoms with Crippen molar-refractivity contribution in [2.75, 3.05) is 52.0 Å². The molecule has 1 aromatic carbocycles. The molecule has 0 atom stereocenters. The fourth-order valence-corrected chi connectivity index (χ4v) is 2.27. The number of nitrogens with zero attached hydrogens (tertiary/aromatic N) is 3. The van der Waals surface area contributed by atoms with Crippen LogP contribution < -0.4 is 20.1 Å². The minimum Gasteiger partial charge on any atom is -0.493 e. The monoisotopic (exact) mass is 359 g/mol. The van der Waals surface area contributed by atoms with E-state index in [0.717, 1.165) is 19.5 Å². The molecule has 0 saturated heterocycles. The second-order valence-electron chi connectivity index (χ2n) is 5.87. The Morgan fingerprint density at radius 2 is 1.92 bits per heavy atom. The molecule has 140 valence electrons. The van der Waals surface area contributed by atoms with Crippen LogP contribution in [-0.2, 0) is 0 Å². The fraction of sp³-hybridized carbons (Fsp3) is 0.389. The third-order valence-corrected chi connectivity index (χ3v) is 3.59. The summed E-state index contributed by atoms with van der Waals surface area (Å²) in [5.74, 6) is 1.24. The number of carbonyl (C=O) groups excluding carboxylic acids is 1. The molecular formula is C18H25N5O3. The van der Waals surface area contributed by atoms with Crippen molar-refractivity contribution in [2.45, 2.75) is 6.42 Å². The molecule has 2 N–H and O–H groups in total. The van der Waals surface area contributed by atoms with Gasteiger partial charge in [0.2, 0.25) is 5.95 Å². The fourth-order valence-electron chi connectivity index (χ4n) is 2.27. The minimum atomic E-state index is -0.323. The van der Waals surface area contributed by atoms with Crippen molar-refractivity contribution in [2.24, 2.45) is 0 Å². The van der Waals surface area contributed by atoms with Crippen LogP contribution in [0.5, 0.6) is 11.5 Å². The van der Waals surface area contributed by atoms with Gasteiger partial charge in [0.15, 0.2) is 11.5 Å². The predicted octanol–water partition coefficient (Wildman–Crippen LogP) is 2.11. The molecule has 2 rings (SSSR count). The Morgan fingerprint density at radius 3 is 2.62 bits per heavy atom. The largest absolute Gasteiger partial charge is 0.493 e. The number of anilines is 2. The van der Waals surface area contributed by atoms with Gasteiger partial charge in [-0.2, -0.15) is 0 Å². The van der Waals surface area contributed by atoms with Crippen molar-refractivity contribution in [1.82, 2.24) is 14.9 Å². The summed E-state index contributed by atoms with van der Waals surface area (Å²) in [6, 6.07) is 6.73. The molecule has 0 aliphatic rings. The highest BCUT2D eigenvalue weighted by atomic mass is 16.5. The molecule has 0 unspecified atom stereocenters.